The predicted octanol–water partition coefficient (Wildman–Crippen LogP) is 3.33. The summed E-state index contributed by atoms with van der Waals surface area (Å²) < 4.78 is 0. The van der Waals surface area contributed by atoms with E-state index in [-0.39, 0.29) is 5.54 Å². The summed E-state index contributed by atoms with van der Waals surface area (Å²) in [5.74, 6) is 1.04. The SMILES string of the molecule is CCNC(=NCc1ccsc1)N1CC(C)(C)C1(C)C. The molecule has 0 aliphatic carbocycles. The van der Waals surface area contributed by atoms with Gasteiger partial charge < -0.3 is 10.2 Å². The summed E-state index contributed by atoms with van der Waals surface area (Å²) >= 11 is 1.73. The number of aliphatic imine (C=N–C) groups is 1. The molecule has 1 aromatic rings. The van der Waals surface area contributed by atoms with E-state index in [2.05, 4.69) is 61.7 Å². The third-order valence-electron chi connectivity index (χ3n) is 4.47. The third kappa shape index (κ3) is 2.64. The Hall–Kier alpha value is -1.03. The minimum atomic E-state index is 0.155. The molecule has 4 heteroatoms. The van der Waals surface area contributed by atoms with E-state index in [4.69, 9.17) is 4.99 Å². The van der Waals surface area contributed by atoms with Crippen LogP contribution < -0.4 is 5.32 Å². The van der Waals surface area contributed by atoms with Crippen molar-refractivity contribution in [3.63, 3.8) is 0 Å². The number of rotatable bonds is 3. The van der Waals surface area contributed by atoms with E-state index in [1.54, 1.807) is 11.3 Å². The summed E-state index contributed by atoms with van der Waals surface area (Å²) in [7, 11) is 0. The van der Waals surface area contributed by atoms with Crippen molar-refractivity contribution < 1.29 is 0 Å². The number of thiophene rings is 1. The fourth-order valence-corrected chi connectivity index (χ4v) is 3.00. The van der Waals surface area contributed by atoms with Crippen LogP contribution in [0.2, 0.25) is 0 Å². The van der Waals surface area contributed by atoms with Crippen molar-refractivity contribution in [1.82, 2.24) is 10.2 Å². The quantitative estimate of drug-likeness (QED) is 0.679. The molecule has 1 aromatic heterocycles. The second kappa shape index (κ2) is 5.16. The van der Waals surface area contributed by atoms with Crippen LogP contribution in [-0.2, 0) is 6.54 Å². The van der Waals surface area contributed by atoms with Gasteiger partial charge in [-0.1, -0.05) is 13.8 Å². The lowest BCUT2D eigenvalue weighted by molar-refractivity contribution is -0.0667. The molecule has 0 spiro atoms. The molecule has 1 aliphatic heterocycles. The topological polar surface area (TPSA) is 27.6 Å². The molecule has 3 nitrogen and oxygen atoms in total. The molecule has 1 aliphatic rings. The van der Waals surface area contributed by atoms with Gasteiger partial charge in [0.25, 0.3) is 0 Å². The average Bonchev–Trinajstić information content (AvgIpc) is 2.85. The molecule has 1 fully saturated rings. The molecule has 106 valence electrons. The van der Waals surface area contributed by atoms with E-state index in [0.717, 1.165) is 25.6 Å². The largest absolute Gasteiger partial charge is 0.356 e. The van der Waals surface area contributed by atoms with E-state index in [9.17, 15) is 0 Å². The van der Waals surface area contributed by atoms with Gasteiger partial charge in [0, 0.05) is 24.0 Å². The number of likely N-dealkylation sites (tertiary alicyclic amines) is 1. The number of hydrogen-bond donors (Lipinski definition) is 1. The van der Waals surface area contributed by atoms with Crippen molar-refractivity contribution in [2.45, 2.75) is 46.7 Å². The van der Waals surface area contributed by atoms with Crippen molar-refractivity contribution in [2.24, 2.45) is 10.4 Å². The van der Waals surface area contributed by atoms with Crippen LogP contribution in [0.25, 0.3) is 0 Å². The Morgan fingerprint density at radius 3 is 2.63 bits per heavy atom. The van der Waals surface area contributed by atoms with Crippen LogP contribution in [-0.4, -0.2) is 29.5 Å². The zero-order valence-corrected chi connectivity index (χ0v) is 13.5. The van der Waals surface area contributed by atoms with Gasteiger partial charge in [0.2, 0.25) is 0 Å². The van der Waals surface area contributed by atoms with E-state index >= 15 is 0 Å². The molecule has 1 saturated heterocycles. The van der Waals surface area contributed by atoms with Crippen molar-refractivity contribution in [1.29, 1.82) is 0 Å². The molecule has 19 heavy (non-hydrogen) atoms. The minimum absolute atomic E-state index is 0.155. The second-order valence-electron chi connectivity index (χ2n) is 6.33. The Labute approximate surface area is 120 Å². The van der Waals surface area contributed by atoms with Crippen LogP contribution in [0.1, 0.15) is 40.2 Å². The summed E-state index contributed by atoms with van der Waals surface area (Å²) in [6.07, 6.45) is 0. The monoisotopic (exact) mass is 279 g/mol. The summed E-state index contributed by atoms with van der Waals surface area (Å²) in [6.45, 7) is 14.1. The number of nitrogens with zero attached hydrogens (tertiary/aromatic N) is 2. The summed E-state index contributed by atoms with van der Waals surface area (Å²) in [6, 6.07) is 2.14. The van der Waals surface area contributed by atoms with Gasteiger partial charge in [-0.25, -0.2) is 4.99 Å². The van der Waals surface area contributed by atoms with E-state index in [1.165, 1.54) is 5.56 Å². The van der Waals surface area contributed by atoms with Gasteiger partial charge in [-0.05, 0) is 43.2 Å². The van der Waals surface area contributed by atoms with Gasteiger partial charge >= 0.3 is 0 Å². The number of hydrogen-bond acceptors (Lipinski definition) is 2. The Morgan fingerprint density at radius 2 is 2.16 bits per heavy atom. The standard InChI is InChI=1S/C15H25N3S/c1-6-16-13(17-9-12-7-8-19-10-12)18-11-14(2,3)15(18,4)5/h7-8,10H,6,9,11H2,1-5H3,(H,16,17). The fraction of sp³-hybridized carbons (Fsp3) is 0.667. The van der Waals surface area contributed by atoms with Gasteiger partial charge in [0.05, 0.1) is 6.54 Å². The van der Waals surface area contributed by atoms with Crippen LogP contribution in [0.4, 0.5) is 0 Å². The first-order valence-corrected chi connectivity index (χ1v) is 7.90. The molecule has 0 bridgehead atoms. The third-order valence-corrected chi connectivity index (χ3v) is 5.20. The smallest absolute Gasteiger partial charge is 0.194 e. The maximum Gasteiger partial charge on any atom is 0.194 e. The van der Waals surface area contributed by atoms with Crippen LogP contribution in [0, 0.1) is 5.41 Å². The zero-order chi connectivity index (χ0) is 14.1. The lowest BCUT2D eigenvalue weighted by atomic mass is 9.65. The Morgan fingerprint density at radius 1 is 1.42 bits per heavy atom. The van der Waals surface area contributed by atoms with E-state index in [0.29, 0.717) is 5.41 Å². The number of nitrogens with one attached hydrogen (secondary N) is 1. The first-order valence-electron chi connectivity index (χ1n) is 6.95. The normalized spacial score (nSPS) is 21.1. The lowest BCUT2D eigenvalue weighted by Gasteiger charge is -2.62. The Bertz CT molecular complexity index is 446. The highest BCUT2D eigenvalue weighted by molar-refractivity contribution is 7.07. The summed E-state index contributed by atoms with van der Waals surface area (Å²) in [5.41, 5.74) is 1.78. The van der Waals surface area contributed by atoms with Crippen LogP contribution in [0.15, 0.2) is 21.8 Å². The molecule has 0 radical (unpaired) electrons. The van der Waals surface area contributed by atoms with E-state index < -0.39 is 0 Å². The lowest BCUT2D eigenvalue weighted by Crippen LogP contribution is -2.72. The molecule has 0 saturated carbocycles. The van der Waals surface area contributed by atoms with Gasteiger partial charge in [-0.2, -0.15) is 11.3 Å². The first kappa shape index (κ1) is 14.4. The first-order chi connectivity index (χ1) is 8.88. The average molecular weight is 279 g/mol. The highest BCUT2D eigenvalue weighted by atomic mass is 32.1. The Balaban J connectivity index is 2.11. The van der Waals surface area contributed by atoms with Crippen LogP contribution in [0.5, 0.6) is 0 Å². The van der Waals surface area contributed by atoms with E-state index in [1.807, 2.05) is 0 Å². The predicted molar refractivity (Wildman–Crippen MR) is 83.7 cm³/mol. The van der Waals surface area contributed by atoms with Crippen LogP contribution in [0.3, 0.4) is 0 Å². The van der Waals surface area contributed by atoms with Gasteiger partial charge in [0.15, 0.2) is 5.96 Å². The molecule has 0 amide bonds. The van der Waals surface area contributed by atoms with Crippen molar-refractivity contribution in [3.05, 3.63) is 22.4 Å². The highest BCUT2D eigenvalue weighted by Crippen LogP contribution is 2.46. The van der Waals surface area contributed by atoms with Crippen molar-refractivity contribution in [2.75, 3.05) is 13.1 Å². The zero-order valence-electron chi connectivity index (χ0n) is 12.7. The van der Waals surface area contributed by atoms with Crippen LogP contribution >= 0.6 is 11.3 Å². The molecule has 1 N–H and O–H groups in total. The summed E-state index contributed by atoms with van der Waals surface area (Å²) in [4.78, 5) is 7.17. The fourth-order valence-electron chi connectivity index (χ4n) is 2.34. The van der Waals surface area contributed by atoms with Crippen molar-refractivity contribution >= 4 is 17.3 Å². The maximum atomic E-state index is 4.78. The van der Waals surface area contributed by atoms with Gasteiger partial charge in [0.1, 0.15) is 0 Å². The molecule has 2 rings (SSSR count). The highest BCUT2D eigenvalue weighted by Gasteiger charge is 2.53. The Kier molecular flexibility index (Phi) is 3.90. The molecule has 0 atom stereocenters. The second-order valence-corrected chi connectivity index (χ2v) is 7.11. The minimum Gasteiger partial charge on any atom is -0.356 e. The molecule has 0 unspecified atom stereocenters. The maximum absolute atomic E-state index is 4.78. The summed E-state index contributed by atoms with van der Waals surface area (Å²) in [5, 5.41) is 7.69. The van der Waals surface area contributed by atoms with Gasteiger partial charge in [-0.3, -0.25) is 0 Å². The van der Waals surface area contributed by atoms with Gasteiger partial charge in [-0.15, -0.1) is 0 Å². The molecule has 0 aromatic carbocycles. The van der Waals surface area contributed by atoms with Crippen molar-refractivity contribution in [3.8, 4) is 0 Å². The molecular weight excluding hydrogens is 254 g/mol. The number of guanidine groups is 1. The molecular formula is C15H25N3S. The molecule has 2 heterocycles.